The number of nitrogens with zero attached hydrogens (tertiary/aromatic N) is 1. The van der Waals surface area contributed by atoms with Crippen molar-refractivity contribution in [1.82, 2.24) is 4.98 Å². The number of rotatable bonds is 3. The molecule has 1 N–H and O–H groups in total. The fourth-order valence-corrected chi connectivity index (χ4v) is 2.22. The van der Waals surface area contributed by atoms with Crippen molar-refractivity contribution in [1.29, 1.82) is 0 Å². The molecule has 2 rings (SSSR count). The van der Waals surface area contributed by atoms with Crippen molar-refractivity contribution in [3.8, 4) is 0 Å². The van der Waals surface area contributed by atoms with E-state index in [0.29, 0.717) is 16.9 Å². The highest BCUT2D eigenvalue weighted by Gasteiger charge is 2.20. The van der Waals surface area contributed by atoms with Crippen LogP contribution in [0.4, 0.5) is 10.5 Å². The molecule has 0 aliphatic rings. The third kappa shape index (κ3) is 4.89. The van der Waals surface area contributed by atoms with Crippen LogP contribution in [0.5, 0.6) is 0 Å². The molecule has 0 fully saturated rings. The first kappa shape index (κ1) is 17.1. The van der Waals surface area contributed by atoms with Crippen molar-refractivity contribution in [2.24, 2.45) is 0 Å². The number of ketones is 1. The smallest absolute Gasteiger partial charge is 0.412 e. The van der Waals surface area contributed by atoms with Gasteiger partial charge in [-0.15, -0.1) is 0 Å². The number of anilines is 1. The molecule has 0 spiro atoms. The number of halogens is 1. The highest BCUT2D eigenvalue weighted by atomic mass is 79.9. The lowest BCUT2D eigenvalue weighted by Gasteiger charge is -2.20. The molecule has 5 nitrogen and oxygen atoms in total. The maximum Gasteiger partial charge on any atom is 0.412 e. The molecule has 6 heteroatoms. The van der Waals surface area contributed by atoms with Crippen LogP contribution in [0.1, 0.15) is 36.8 Å². The summed E-state index contributed by atoms with van der Waals surface area (Å²) in [5.74, 6) is -0.280. The molecule has 1 heterocycles. The van der Waals surface area contributed by atoms with E-state index in [-0.39, 0.29) is 5.78 Å². The van der Waals surface area contributed by atoms with Crippen molar-refractivity contribution in [3.63, 3.8) is 0 Å². The number of pyridine rings is 1. The lowest BCUT2D eigenvalue weighted by Crippen LogP contribution is -2.27. The van der Waals surface area contributed by atoms with E-state index >= 15 is 0 Å². The zero-order valence-corrected chi connectivity index (χ0v) is 14.7. The predicted octanol–water partition coefficient (Wildman–Crippen LogP) is 4.42. The van der Waals surface area contributed by atoms with Crippen LogP contribution in [-0.2, 0) is 4.74 Å². The molecule has 2 aromatic rings. The lowest BCUT2D eigenvalue weighted by molar-refractivity contribution is 0.0636. The summed E-state index contributed by atoms with van der Waals surface area (Å²) in [5, 5.41) is 2.61. The van der Waals surface area contributed by atoms with Gasteiger partial charge in [-0.1, -0.05) is 22.0 Å². The van der Waals surface area contributed by atoms with Crippen molar-refractivity contribution in [3.05, 3.63) is 58.3 Å². The summed E-state index contributed by atoms with van der Waals surface area (Å²) >= 11 is 3.34. The topological polar surface area (TPSA) is 68.3 Å². The Bertz CT molecular complexity index is 724. The number of hydrogen-bond donors (Lipinski definition) is 1. The first-order chi connectivity index (χ1) is 10.8. The van der Waals surface area contributed by atoms with Gasteiger partial charge < -0.3 is 4.74 Å². The van der Waals surface area contributed by atoms with Crippen molar-refractivity contribution >= 4 is 33.5 Å². The molecule has 1 amide bonds. The lowest BCUT2D eigenvalue weighted by atomic mass is 10.1. The fraction of sp³-hybridized carbons (Fsp3) is 0.235. The minimum Gasteiger partial charge on any atom is -0.444 e. The molecule has 0 aliphatic heterocycles. The van der Waals surface area contributed by atoms with E-state index < -0.39 is 11.7 Å². The van der Waals surface area contributed by atoms with Crippen LogP contribution in [0.3, 0.4) is 0 Å². The molecule has 1 aromatic carbocycles. The van der Waals surface area contributed by atoms with Crippen LogP contribution in [0.2, 0.25) is 0 Å². The van der Waals surface area contributed by atoms with E-state index in [1.54, 1.807) is 63.4 Å². The van der Waals surface area contributed by atoms with Gasteiger partial charge in [0.2, 0.25) is 5.78 Å². The SMILES string of the molecule is CC(C)(C)OC(=O)Nc1ccc(Br)cc1C(=O)c1ccccn1. The van der Waals surface area contributed by atoms with Gasteiger partial charge in [-0.25, -0.2) is 4.79 Å². The molecule has 0 radical (unpaired) electrons. The average Bonchev–Trinajstić information content (AvgIpc) is 2.47. The zero-order valence-electron chi connectivity index (χ0n) is 13.1. The summed E-state index contributed by atoms with van der Waals surface area (Å²) in [5.41, 5.74) is 0.393. The van der Waals surface area contributed by atoms with E-state index in [9.17, 15) is 9.59 Å². The molecule has 120 valence electrons. The quantitative estimate of drug-likeness (QED) is 0.804. The molecule has 0 atom stereocenters. The second-order valence-corrected chi connectivity index (χ2v) is 6.78. The minimum atomic E-state index is -0.620. The van der Waals surface area contributed by atoms with E-state index in [4.69, 9.17) is 4.74 Å². The molecule has 0 aliphatic carbocycles. The molecular formula is C17H17BrN2O3. The Morgan fingerprint density at radius 3 is 2.52 bits per heavy atom. The number of amides is 1. The monoisotopic (exact) mass is 376 g/mol. The minimum absolute atomic E-state index is 0.280. The Labute approximate surface area is 143 Å². The van der Waals surface area contributed by atoms with E-state index in [2.05, 4.69) is 26.2 Å². The summed E-state index contributed by atoms with van der Waals surface area (Å²) in [6.45, 7) is 5.32. The first-order valence-electron chi connectivity index (χ1n) is 7.01. The number of nitrogens with one attached hydrogen (secondary N) is 1. The van der Waals surface area contributed by atoms with Crippen LogP contribution >= 0.6 is 15.9 Å². The molecule has 0 saturated carbocycles. The zero-order chi connectivity index (χ0) is 17.0. The standard InChI is InChI=1S/C17H17BrN2O3/c1-17(2,3)23-16(22)20-13-8-7-11(18)10-12(13)15(21)14-6-4-5-9-19-14/h4-10H,1-3H3,(H,20,22). The van der Waals surface area contributed by atoms with E-state index in [1.807, 2.05) is 0 Å². The van der Waals surface area contributed by atoms with Gasteiger partial charge in [0.1, 0.15) is 11.3 Å². The van der Waals surface area contributed by atoms with Crippen molar-refractivity contribution < 1.29 is 14.3 Å². The van der Waals surface area contributed by atoms with E-state index in [0.717, 1.165) is 4.47 Å². The second-order valence-electron chi connectivity index (χ2n) is 5.86. The normalized spacial score (nSPS) is 11.0. The average molecular weight is 377 g/mol. The van der Waals surface area contributed by atoms with Crippen LogP contribution in [0.25, 0.3) is 0 Å². The Hall–Kier alpha value is -2.21. The number of carbonyl (C=O) groups excluding carboxylic acids is 2. The fourth-order valence-electron chi connectivity index (χ4n) is 1.86. The number of aromatic nitrogens is 1. The molecule has 0 saturated heterocycles. The molecule has 0 unspecified atom stereocenters. The van der Waals surface area contributed by atoms with E-state index in [1.165, 1.54) is 0 Å². The third-order valence-electron chi connectivity index (χ3n) is 2.76. The Kier molecular flexibility index (Phi) is 5.15. The van der Waals surface area contributed by atoms with Gasteiger partial charge in [-0.05, 0) is 51.1 Å². The highest BCUT2D eigenvalue weighted by Crippen LogP contribution is 2.24. The Morgan fingerprint density at radius 1 is 1.17 bits per heavy atom. The van der Waals surface area contributed by atoms with Gasteiger partial charge in [0.15, 0.2) is 0 Å². The van der Waals surface area contributed by atoms with Crippen LogP contribution in [-0.4, -0.2) is 22.5 Å². The highest BCUT2D eigenvalue weighted by molar-refractivity contribution is 9.10. The number of ether oxygens (including phenoxy) is 1. The Morgan fingerprint density at radius 2 is 1.91 bits per heavy atom. The van der Waals surface area contributed by atoms with Crippen LogP contribution < -0.4 is 5.32 Å². The number of hydrogen-bond acceptors (Lipinski definition) is 4. The van der Waals surface area contributed by atoms with Gasteiger partial charge in [-0.2, -0.15) is 0 Å². The first-order valence-corrected chi connectivity index (χ1v) is 7.81. The summed E-state index contributed by atoms with van der Waals surface area (Å²) in [4.78, 5) is 28.6. The third-order valence-corrected chi connectivity index (χ3v) is 3.25. The molecule has 0 bridgehead atoms. The van der Waals surface area contributed by atoms with Gasteiger partial charge >= 0.3 is 6.09 Å². The maximum atomic E-state index is 12.6. The van der Waals surface area contributed by atoms with Crippen molar-refractivity contribution in [2.75, 3.05) is 5.32 Å². The van der Waals surface area contributed by atoms with Crippen molar-refractivity contribution in [2.45, 2.75) is 26.4 Å². The summed E-state index contributed by atoms with van der Waals surface area (Å²) in [6, 6.07) is 10.1. The van der Waals surface area contributed by atoms with Gasteiger partial charge in [0.25, 0.3) is 0 Å². The number of benzene rings is 1. The van der Waals surface area contributed by atoms with Gasteiger partial charge in [0, 0.05) is 16.2 Å². The summed E-state index contributed by atoms with van der Waals surface area (Å²) in [6.07, 6.45) is 0.932. The van der Waals surface area contributed by atoms with Gasteiger partial charge in [0.05, 0.1) is 5.69 Å². The van der Waals surface area contributed by atoms with Crippen LogP contribution in [0.15, 0.2) is 47.1 Å². The largest absolute Gasteiger partial charge is 0.444 e. The van der Waals surface area contributed by atoms with Crippen LogP contribution in [0, 0.1) is 0 Å². The second kappa shape index (κ2) is 6.91. The molecule has 23 heavy (non-hydrogen) atoms. The molecular weight excluding hydrogens is 360 g/mol. The summed E-state index contributed by atoms with van der Waals surface area (Å²) < 4.78 is 5.95. The molecule has 1 aromatic heterocycles. The van der Waals surface area contributed by atoms with Gasteiger partial charge in [-0.3, -0.25) is 15.1 Å². The predicted molar refractivity (Wildman–Crippen MR) is 91.7 cm³/mol. The maximum absolute atomic E-state index is 12.6. The Balaban J connectivity index is 2.31. The number of carbonyl (C=O) groups is 2. The summed E-state index contributed by atoms with van der Waals surface area (Å²) in [7, 11) is 0.